The second kappa shape index (κ2) is 5.06. The van der Waals surface area contributed by atoms with E-state index in [1.807, 2.05) is 6.07 Å². The molecule has 0 saturated heterocycles. The Bertz CT molecular complexity index is 406. The van der Waals surface area contributed by atoms with E-state index < -0.39 is 0 Å². The number of ether oxygens (including phenoxy) is 1. The molecule has 0 aliphatic carbocycles. The normalized spacial score (nSPS) is 13.8. The van der Waals surface area contributed by atoms with Gasteiger partial charge in [0.2, 0.25) is 0 Å². The Morgan fingerprint density at radius 2 is 2.12 bits per heavy atom. The summed E-state index contributed by atoms with van der Waals surface area (Å²) in [6.45, 7) is 8.46. The molecule has 16 heavy (non-hydrogen) atoms. The lowest BCUT2D eigenvalue weighted by Crippen LogP contribution is -2.22. The lowest BCUT2D eigenvalue weighted by Gasteiger charge is -2.28. The van der Waals surface area contributed by atoms with Gasteiger partial charge < -0.3 is 9.72 Å². The predicted molar refractivity (Wildman–Crippen MR) is 68.0 cm³/mol. The highest BCUT2D eigenvalue weighted by Gasteiger charge is 2.28. The molecule has 1 unspecified atom stereocenters. The van der Waals surface area contributed by atoms with Crippen LogP contribution in [0, 0.1) is 10.1 Å². The van der Waals surface area contributed by atoms with Gasteiger partial charge in [-0.2, -0.15) is 0 Å². The highest BCUT2D eigenvalue weighted by molar-refractivity contribution is 7.71. The monoisotopic (exact) mass is 240 g/mol. The van der Waals surface area contributed by atoms with Gasteiger partial charge in [0.25, 0.3) is 0 Å². The minimum absolute atomic E-state index is 0.00755. The molecule has 0 fully saturated rings. The maximum Gasteiger partial charge on any atom is 0.137 e. The van der Waals surface area contributed by atoms with Crippen molar-refractivity contribution in [3.63, 3.8) is 0 Å². The maximum absolute atomic E-state index is 5.52. The number of methoxy groups -OCH3 is 1. The molecule has 1 aromatic rings. The van der Waals surface area contributed by atoms with E-state index in [0.29, 0.717) is 4.64 Å². The average molecular weight is 240 g/mol. The SMILES string of the molecule is CCc1cc(=S)nc(C(OC)C(C)(C)C)[nH]1. The molecular formula is C12H20N2OS. The van der Waals surface area contributed by atoms with E-state index in [9.17, 15) is 0 Å². The van der Waals surface area contributed by atoms with Crippen LogP contribution in [0.15, 0.2) is 6.07 Å². The van der Waals surface area contributed by atoms with Crippen molar-refractivity contribution in [3.05, 3.63) is 22.2 Å². The lowest BCUT2D eigenvalue weighted by atomic mass is 9.88. The fourth-order valence-electron chi connectivity index (χ4n) is 1.72. The number of aromatic amines is 1. The van der Waals surface area contributed by atoms with Gasteiger partial charge in [-0.05, 0) is 17.9 Å². The molecule has 0 aliphatic heterocycles. The first-order valence-electron chi connectivity index (χ1n) is 5.51. The summed E-state index contributed by atoms with van der Waals surface area (Å²) in [5, 5.41) is 0. The summed E-state index contributed by atoms with van der Waals surface area (Å²) in [7, 11) is 1.70. The number of aryl methyl sites for hydroxylation is 1. The Kier molecular flexibility index (Phi) is 4.21. The number of nitrogens with zero attached hydrogens (tertiary/aromatic N) is 1. The quantitative estimate of drug-likeness (QED) is 0.822. The number of nitrogens with one attached hydrogen (secondary N) is 1. The van der Waals surface area contributed by atoms with Crippen molar-refractivity contribution in [2.24, 2.45) is 5.41 Å². The summed E-state index contributed by atoms with van der Waals surface area (Å²) in [6.07, 6.45) is 0.848. The summed E-state index contributed by atoms with van der Waals surface area (Å²) in [5.41, 5.74) is 1.09. The predicted octanol–water partition coefficient (Wildman–Crippen LogP) is 3.44. The number of hydrogen-bond donors (Lipinski definition) is 1. The second-order valence-corrected chi connectivity index (χ2v) is 5.38. The van der Waals surface area contributed by atoms with Crippen LogP contribution in [0.5, 0.6) is 0 Å². The highest BCUT2D eigenvalue weighted by Crippen LogP contribution is 2.33. The van der Waals surface area contributed by atoms with Gasteiger partial charge in [-0.3, -0.25) is 0 Å². The summed E-state index contributed by atoms with van der Waals surface area (Å²) in [4.78, 5) is 7.64. The summed E-state index contributed by atoms with van der Waals surface area (Å²) < 4.78 is 6.14. The van der Waals surface area contributed by atoms with Crippen LogP contribution in [0.3, 0.4) is 0 Å². The van der Waals surface area contributed by atoms with Crippen molar-refractivity contribution in [1.82, 2.24) is 9.97 Å². The number of aromatic nitrogens is 2. The van der Waals surface area contributed by atoms with Crippen LogP contribution in [0.25, 0.3) is 0 Å². The first kappa shape index (κ1) is 13.3. The molecule has 1 aromatic heterocycles. The van der Waals surface area contributed by atoms with E-state index in [-0.39, 0.29) is 11.5 Å². The zero-order chi connectivity index (χ0) is 12.3. The number of hydrogen-bond acceptors (Lipinski definition) is 3. The van der Waals surface area contributed by atoms with Gasteiger partial charge in [-0.15, -0.1) is 0 Å². The summed E-state index contributed by atoms with van der Waals surface area (Å²) in [5.74, 6) is 0.819. The average Bonchev–Trinajstić information content (AvgIpc) is 2.15. The second-order valence-electron chi connectivity index (χ2n) is 4.97. The Balaban J connectivity index is 3.20. The zero-order valence-corrected chi connectivity index (χ0v) is 11.4. The van der Waals surface area contributed by atoms with Gasteiger partial charge in [0, 0.05) is 12.8 Å². The zero-order valence-electron chi connectivity index (χ0n) is 10.6. The highest BCUT2D eigenvalue weighted by atomic mass is 32.1. The topological polar surface area (TPSA) is 37.9 Å². The number of H-pyrrole nitrogens is 1. The van der Waals surface area contributed by atoms with Gasteiger partial charge in [-0.1, -0.05) is 39.9 Å². The molecule has 1 heterocycles. The Morgan fingerprint density at radius 1 is 1.50 bits per heavy atom. The van der Waals surface area contributed by atoms with Gasteiger partial charge in [-0.25, -0.2) is 4.98 Å². The third kappa shape index (κ3) is 3.12. The van der Waals surface area contributed by atoms with Crippen LogP contribution >= 0.6 is 12.2 Å². The fourth-order valence-corrected chi connectivity index (χ4v) is 1.96. The van der Waals surface area contributed by atoms with E-state index >= 15 is 0 Å². The third-order valence-corrected chi connectivity index (χ3v) is 2.68. The van der Waals surface area contributed by atoms with E-state index in [2.05, 4.69) is 37.7 Å². The molecule has 0 amide bonds. The molecule has 0 aromatic carbocycles. The van der Waals surface area contributed by atoms with E-state index in [0.717, 1.165) is 17.9 Å². The van der Waals surface area contributed by atoms with E-state index in [1.54, 1.807) is 7.11 Å². The van der Waals surface area contributed by atoms with Crippen molar-refractivity contribution >= 4 is 12.2 Å². The Hall–Kier alpha value is -0.740. The lowest BCUT2D eigenvalue weighted by molar-refractivity contribution is 0.00843. The van der Waals surface area contributed by atoms with E-state index in [4.69, 9.17) is 17.0 Å². The molecule has 1 rings (SSSR count). The minimum Gasteiger partial charge on any atom is -0.373 e. The van der Waals surface area contributed by atoms with Gasteiger partial charge in [0.05, 0.1) is 0 Å². The largest absolute Gasteiger partial charge is 0.373 e. The van der Waals surface area contributed by atoms with E-state index in [1.165, 1.54) is 0 Å². The van der Waals surface area contributed by atoms with Gasteiger partial charge in [0.15, 0.2) is 0 Å². The summed E-state index contributed by atoms with van der Waals surface area (Å²) in [6, 6.07) is 1.90. The van der Waals surface area contributed by atoms with Crippen LogP contribution in [-0.2, 0) is 11.2 Å². The molecule has 1 N–H and O–H groups in total. The molecule has 90 valence electrons. The van der Waals surface area contributed by atoms with Gasteiger partial charge in [0.1, 0.15) is 16.6 Å². The Morgan fingerprint density at radius 3 is 2.56 bits per heavy atom. The summed E-state index contributed by atoms with van der Waals surface area (Å²) >= 11 is 5.16. The smallest absolute Gasteiger partial charge is 0.137 e. The van der Waals surface area contributed by atoms with Crippen LogP contribution < -0.4 is 0 Å². The third-order valence-electron chi connectivity index (χ3n) is 2.47. The molecule has 0 radical (unpaired) electrons. The van der Waals surface area contributed by atoms with Crippen molar-refractivity contribution in [2.75, 3.05) is 7.11 Å². The molecule has 3 nitrogen and oxygen atoms in total. The molecular weight excluding hydrogens is 220 g/mol. The van der Waals surface area contributed by atoms with Crippen LogP contribution in [-0.4, -0.2) is 17.1 Å². The fraction of sp³-hybridized carbons (Fsp3) is 0.667. The number of rotatable bonds is 3. The van der Waals surface area contributed by atoms with Crippen LogP contribution in [0.2, 0.25) is 0 Å². The first-order chi connectivity index (χ1) is 7.38. The van der Waals surface area contributed by atoms with Gasteiger partial charge >= 0.3 is 0 Å². The first-order valence-corrected chi connectivity index (χ1v) is 5.92. The molecule has 0 bridgehead atoms. The van der Waals surface area contributed by atoms with Crippen molar-refractivity contribution < 1.29 is 4.74 Å². The molecule has 0 saturated carbocycles. The molecule has 0 spiro atoms. The van der Waals surface area contributed by atoms with Crippen LogP contribution in [0.1, 0.15) is 45.3 Å². The van der Waals surface area contributed by atoms with Crippen molar-refractivity contribution in [3.8, 4) is 0 Å². The molecule has 0 aliphatic rings. The van der Waals surface area contributed by atoms with Crippen molar-refractivity contribution in [1.29, 1.82) is 0 Å². The van der Waals surface area contributed by atoms with Crippen LogP contribution in [0.4, 0.5) is 0 Å². The minimum atomic E-state index is -0.0688. The maximum atomic E-state index is 5.52. The van der Waals surface area contributed by atoms with Crippen molar-refractivity contribution in [2.45, 2.75) is 40.2 Å². The molecule has 1 atom stereocenters. The molecule has 4 heteroatoms. The standard InChI is InChI=1S/C12H20N2OS/c1-6-8-7-9(16)14-11(13-8)10(15-5)12(2,3)4/h7,10H,6H2,1-5H3,(H,13,14,16). The Labute approximate surface area is 102 Å².